The van der Waals surface area contributed by atoms with Crippen molar-refractivity contribution in [2.75, 3.05) is 0 Å². The third kappa shape index (κ3) is 0.495. The molecule has 2 aromatic heterocycles. The van der Waals surface area contributed by atoms with Gasteiger partial charge in [-0.3, -0.25) is 0 Å². The molecule has 4 heteroatoms. The van der Waals surface area contributed by atoms with Gasteiger partial charge in [0.25, 0.3) is 0 Å². The molecule has 4 nitrogen and oxygen atoms in total. The maximum atomic E-state index is 8.69. The van der Waals surface area contributed by atoms with Crippen molar-refractivity contribution in [2.45, 2.75) is 0 Å². The van der Waals surface area contributed by atoms with Crippen LogP contribution < -0.4 is 0 Å². The van der Waals surface area contributed by atoms with Crippen molar-refractivity contribution in [2.24, 2.45) is 0 Å². The van der Waals surface area contributed by atoms with Crippen LogP contribution in [-0.4, -0.2) is 15.2 Å². The maximum Gasteiger partial charge on any atom is 0.175 e. The Morgan fingerprint density at radius 1 is 1.67 bits per heavy atom. The molecule has 0 saturated carbocycles. The van der Waals surface area contributed by atoms with Crippen molar-refractivity contribution in [1.29, 1.82) is 0 Å². The van der Waals surface area contributed by atoms with Gasteiger partial charge in [0, 0.05) is 6.07 Å². The van der Waals surface area contributed by atoms with Crippen LogP contribution in [0.1, 0.15) is 0 Å². The fourth-order valence-corrected chi connectivity index (χ4v) is 0.738. The second-order valence-corrected chi connectivity index (χ2v) is 1.72. The molecule has 46 valence electrons. The van der Waals surface area contributed by atoms with Crippen LogP contribution >= 0.6 is 0 Å². The molecule has 0 aliphatic rings. The van der Waals surface area contributed by atoms with E-state index in [-0.39, 0.29) is 0 Å². The van der Waals surface area contributed by atoms with Crippen LogP contribution in [-0.2, 0) is 0 Å². The lowest BCUT2D eigenvalue weighted by Crippen LogP contribution is -1.87. The van der Waals surface area contributed by atoms with Crippen molar-refractivity contribution < 1.29 is 9.62 Å². The normalized spacial score (nSPS) is 10.7. The van der Waals surface area contributed by atoms with E-state index in [0.29, 0.717) is 11.1 Å². The highest BCUT2D eigenvalue weighted by Crippen LogP contribution is 2.10. The molecule has 0 bridgehead atoms. The van der Waals surface area contributed by atoms with E-state index in [4.69, 9.17) is 9.62 Å². The summed E-state index contributed by atoms with van der Waals surface area (Å²) in [5.41, 5.74) is 1.26. The smallest absolute Gasteiger partial charge is 0.175 e. The number of furan rings is 1. The summed E-state index contributed by atoms with van der Waals surface area (Å²) in [6.07, 6.45) is 2.92. The molecule has 0 aliphatic heterocycles. The standard InChI is InChI=1S/C5H4N2O2/c8-7-3-5-4(6-7)1-2-9-5/h1-3,8H. The molecule has 0 aromatic carbocycles. The number of fused-ring (bicyclic) bond motifs is 1. The number of hydrogen-bond donors (Lipinski definition) is 1. The van der Waals surface area contributed by atoms with Crippen molar-refractivity contribution in [3.8, 4) is 0 Å². The second kappa shape index (κ2) is 1.28. The first-order valence-electron chi connectivity index (χ1n) is 2.48. The SMILES string of the molecule is On1cc2occc2n1. The van der Waals surface area contributed by atoms with Crippen LogP contribution in [0.2, 0.25) is 0 Å². The third-order valence-corrected chi connectivity index (χ3v) is 1.12. The van der Waals surface area contributed by atoms with Crippen molar-refractivity contribution in [1.82, 2.24) is 9.94 Å². The van der Waals surface area contributed by atoms with Crippen LogP contribution in [0, 0.1) is 0 Å². The molecule has 0 spiro atoms. The molecule has 0 aliphatic carbocycles. The summed E-state index contributed by atoms with van der Waals surface area (Å²) in [5, 5.41) is 12.3. The molecule has 2 aromatic rings. The molecular formula is C5H4N2O2. The third-order valence-electron chi connectivity index (χ3n) is 1.12. The van der Waals surface area contributed by atoms with E-state index in [1.165, 1.54) is 12.5 Å². The Labute approximate surface area is 50.3 Å². The van der Waals surface area contributed by atoms with Gasteiger partial charge in [-0.2, -0.15) is 0 Å². The van der Waals surface area contributed by atoms with Gasteiger partial charge in [0.05, 0.1) is 6.26 Å². The van der Waals surface area contributed by atoms with Gasteiger partial charge in [-0.15, -0.1) is 9.94 Å². The first-order chi connectivity index (χ1) is 4.36. The summed E-state index contributed by atoms with van der Waals surface area (Å²) in [6.45, 7) is 0. The number of aromatic nitrogens is 2. The topological polar surface area (TPSA) is 51.2 Å². The molecule has 0 radical (unpaired) electrons. The zero-order chi connectivity index (χ0) is 6.27. The lowest BCUT2D eigenvalue weighted by atomic mass is 10.5. The van der Waals surface area contributed by atoms with Gasteiger partial charge in [-0.25, -0.2) is 0 Å². The van der Waals surface area contributed by atoms with Crippen molar-refractivity contribution >= 4 is 11.1 Å². The Bertz CT molecular complexity index is 294. The second-order valence-electron chi connectivity index (χ2n) is 1.72. The van der Waals surface area contributed by atoms with E-state index < -0.39 is 0 Å². The first kappa shape index (κ1) is 4.43. The van der Waals surface area contributed by atoms with Gasteiger partial charge >= 0.3 is 0 Å². The Morgan fingerprint density at radius 2 is 2.56 bits per heavy atom. The summed E-state index contributed by atoms with van der Waals surface area (Å²) in [5.74, 6) is 0. The average molecular weight is 124 g/mol. The highest BCUT2D eigenvalue weighted by molar-refractivity contribution is 5.70. The van der Waals surface area contributed by atoms with Crippen LogP contribution in [0.5, 0.6) is 0 Å². The highest BCUT2D eigenvalue weighted by atomic mass is 16.5. The van der Waals surface area contributed by atoms with Crippen molar-refractivity contribution in [3.05, 3.63) is 18.5 Å². The number of nitrogens with zero attached hydrogens (tertiary/aromatic N) is 2. The lowest BCUT2D eigenvalue weighted by molar-refractivity contribution is 0.150. The minimum absolute atomic E-state index is 0.595. The summed E-state index contributed by atoms with van der Waals surface area (Å²) in [7, 11) is 0. The molecule has 0 atom stereocenters. The van der Waals surface area contributed by atoms with Gasteiger partial charge in [0.1, 0.15) is 11.7 Å². The van der Waals surface area contributed by atoms with Crippen molar-refractivity contribution in [3.63, 3.8) is 0 Å². The minimum Gasteiger partial charge on any atom is -0.461 e. The van der Waals surface area contributed by atoms with E-state index in [1.807, 2.05) is 0 Å². The van der Waals surface area contributed by atoms with E-state index in [2.05, 4.69) is 5.10 Å². The van der Waals surface area contributed by atoms with Crippen LogP contribution in [0.3, 0.4) is 0 Å². The van der Waals surface area contributed by atoms with Gasteiger partial charge in [-0.1, -0.05) is 0 Å². The minimum atomic E-state index is 0.595. The van der Waals surface area contributed by atoms with E-state index >= 15 is 0 Å². The Hall–Kier alpha value is -1.45. The van der Waals surface area contributed by atoms with Crippen LogP contribution in [0.25, 0.3) is 11.1 Å². The Morgan fingerprint density at radius 3 is 3.33 bits per heavy atom. The fourth-order valence-electron chi connectivity index (χ4n) is 0.738. The molecule has 2 heterocycles. The quantitative estimate of drug-likeness (QED) is 0.530. The first-order valence-corrected chi connectivity index (χ1v) is 2.48. The highest BCUT2D eigenvalue weighted by Gasteiger charge is 1.99. The van der Waals surface area contributed by atoms with Gasteiger partial charge < -0.3 is 9.62 Å². The molecule has 0 amide bonds. The van der Waals surface area contributed by atoms with Crippen LogP contribution in [0.4, 0.5) is 0 Å². The summed E-state index contributed by atoms with van der Waals surface area (Å²) < 4.78 is 4.90. The molecule has 2 rings (SSSR count). The number of hydrogen-bond acceptors (Lipinski definition) is 3. The van der Waals surface area contributed by atoms with Gasteiger partial charge in [0.15, 0.2) is 5.58 Å². The molecule has 0 unspecified atom stereocenters. The summed E-state index contributed by atoms with van der Waals surface area (Å²) in [6, 6.07) is 1.68. The number of rotatable bonds is 0. The monoisotopic (exact) mass is 124 g/mol. The molecular weight excluding hydrogens is 120 g/mol. The largest absolute Gasteiger partial charge is 0.461 e. The van der Waals surface area contributed by atoms with E-state index in [0.717, 1.165) is 4.85 Å². The van der Waals surface area contributed by atoms with E-state index in [1.54, 1.807) is 6.07 Å². The molecule has 0 fully saturated rings. The zero-order valence-electron chi connectivity index (χ0n) is 4.48. The molecule has 0 saturated heterocycles. The average Bonchev–Trinajstić information content (AvgIpc) is 2.22. The Balaban J connectivity index is 2.92. The summed E-state index contributed by atoms with van der Waals surface area (Å²) in [4.78, 5) is 0.730. The lowest BCUT2D eigenvalue weighted by Gasteiger charge is -1.78. The van der Waals surface area contributed by atoms with Gasteiger partial charge in [-0.05, 0) is 0 Å². The zero-order valence-corrected chi connectivity index (χ0v) is 4.48. The molecule has 9 heavy (non-hydrogen) atoms. The Kier molecular flexibility index (Phi) is 0.631. The fraction of sp³-hybridized carbons (Fsp3) is 0. The van der Waals surface area contributed by atoms with Crippen LogP contribution in [0.15, 0.2) is 22.9 Å². The predicted octanol–water partition coefficient (Wildman–Crippen LogP) is 0.867. The molecule has 1 N–H and O–H groups in total. The predicted molar refractivity (Wildman–Crippen MR) is 29.2 cm³/mol. The maximum absolute atomic E-state index is 8.69. The van der Waals surface area contributed by atoms with Gasteiger partial charge in [0.2, 0.25) is 0 Å². The summed E-state index contributed by atoms with van der Waals surface area (Å²) >= 11 is 0. The van der Waals surface area contributed by atoms with E-state index in [9.17, 15) is 0 Å².